The van der Waals surface area contributed by atoms with Gasteiger partial charge in [0, 0.05) is 30.6 Å². The highest BCUT2D eigenvalue weighted by molar-refractivity contribution is 7.93. The van der Waals surface area contributed by atoms with Gasteiger partial charge in [-0.2, -0.15) is 0 Å². The van der Waals surface area contributed by atoms with Gasteiger partial charge in [-0.15, -0.1) is 0 Å². The number of carbonyl (C=O) groups is 1. The van der Waals surface area contributed by atoms with E-state index in [4.69, 9.17) is 4.74 Å². The minimum Gasteiger partial charge on any atom is -0.375 e. The SMILES string of the molecule is Cc1cccc(COC[C@@H]2CCS(=O)(=O)C23CN(C(=O)[C@@H]2C[C@@H]2C)C3)n1. The van der Waals surface area contributed by atoms with Gasteiger partial charge in [-0.25, -0.2) is 8.42 Å². The van der Waals surface area contributed by atoms with Crippen molar-refractivity contribution in [2.75, 3.05) is 25.4 Å². The second-order valence-corrected chi connectivity index (χ2v) is 10.6. The zero-order valence-corrected chi connectivity index (χ0v) is 16.2. The summed E-state index contributed by atoms with van der Waals surface area (Å²) < 4.78 is 30.4. The summed E-state index contributed by atoms with van der Waals surface area (Å²) in [5.74, 6) is 0.844. The number of nitrogens with zero attached hydrogens (tertiary/aromatic N) is 2. The highest BCUT2D eigenvalue weighted by atomic mass is 32.2. The van der Waals surface area contributed by atoms with Gasteiger partial charge in [0.2, 0.25) is 5.91 Å². The van der Waals surface area contributed by atoms with Crippen molar-refractivity contribution in [1.29, 1.82) is 0 Å². The largest absolute Gasteiger partial charge is 0.375 e. The van der Waals surface area contributed by atoms with Crippen LogP contribution in [0.3, 0.4) is 0 Å². The molecule has 26 heavy (non-hydrogen) atoms. The smallest absolute Gasteiger partial charge is 0.226 e. The third-order valence-corrected chi connectivity index (χ3v) is 8.87. The molecule has 0 unspecified atom stereocenters. The molecule has 0 N–H and O–H groups in total. The summed E-state index contributed by atoms with van der Waals surface area (Å²) in [5.41, 5.74) is 1.79. The quantitative estimate of drug-likeness (QED) is 0.777. The van der Waals surface area contributed by atoms with Gasteiger partial charge in [-0.3, -0.25) is 9.78 Å². The van der Waals surface area contributed by atoms with Gasteiger partial charge in [0.15, 0.2) is 9.84 Å². The number of aromatic nitrogens is 1. The first-order valence-electron chi connectivity index (χ1n) is 9.34. The minimum absolute atomic E-state index is 0.0435. The molecule has 2 aliphatic heterocycles. The number of sulfone groups is 1. The molecule has 1 saturated carbocycles. The lowest BCUT2D eigenvalue weighted by Gasteiger charge is -2.50. The second kappa shape index (κ2) is 6.30. The molecule has 0 bridgehead atoms. The van der Waals surface area contributed by atoms with Crippen LogP contribution in [-0.2, 0) is 26.0 Å². The minimum atomic E-state index is -3.18. The molecule has 4 rings (SSSR count). The molecule has 1 amide bonds. The van der Waals surface area contributed by atoms with Crippen molar-refractivity contribution in [2.45, 2.75) is 38.0 Å². The number of carbonyl (C=O) groups excluding carboxylic acids is 1. The third-order valence-electron chi connectivity index (χ3n) is 6.27. The summed E-state index contributed by atoms with van der Waals surface area (Å²) in [6, 6.07) is 5.79. The molecule has 1 aromatic heterocycles. The first kappa shape index (κ1) is 17.9. The first-order chi connectivity index (χ1) is 12.3. The van der Waals surface area contributed by atoms with E-state index in [0.717, 1.165) is 17.8 Å². The average Bonchev–Trinajstić information content (AvgIpc) is 3.20. The number of likely N-dealkylation sites (tertiary alicyclic amines) is 1. The molecule has 0 radical (unpaired) electrons. The lowest BCUT2D eigenvalue weighted by molar-refractivity contribution is -0.139. The summed E-state index contributed by atoms with van der Waals surface area (Å²) in [4.78, 5) is 18.5. The normalized spacial score (nSPS) is 31.0. The average molecular weight is 378 g/mol. The number of ether oxygens (including phenoxy) is 1. The molecule has 1 aromatic rings. The molecule has 3 fully saturated rings. The number of rotatable bonds is 5. The maximum absolute atomic E-state index is 12.7. The predicted molar refractivity (Wildman–Crippen MR) is 97.1 cm³/mol. The molecule has 1 aliphatic carbocycles. The third kappa shape index (κ3) is 2.95. The Morgan fingerprint density at radius 3 is 2.77 bits per heavy atom. The number of pyridine rings is 1. The Labute approximate surface area is 154 Å². The van der Waals surface area contributed by atoms with E-state index in [2.05, 4.69) is 11.9 Å². The summed E-state index contributed by atoms with van der Waals surface area (Å²) >= 11 is 0. The lowest BCUT2D eigenvalue weighted by Crippen LogP contribution is -2.69. The van der Waals surface area contributed by atoms with Gasteiger partial charge in [0.25, 0.3) is 0 Å². The number of hydrogen-bond donors (Lipinski definition) is 0. The van der Waals surface area contributed by atoms with Gasteiger partial charge < -0.3 is 9.64 Å². The van der Waals surface area contributed by atoms with E-state index in [1.165, 1.54) is 0 Å². The zero-order valence-electron chi connectivity index (χ0n) is 15.3. The maximum atomic E-state index is 12.7. The second-order valence-electron chi connectivity index (χ2n) is 8.17. The van der Waals surface area contributed by atoms with Crippen LogP contribution < -0.4 is 0 Å². The van der Waals surface area contributed by atoms with E-state index in [1.54, 1.807) is 4.90 Å². The molecule has 6 nitrogen and oxygen atoms in total. The zero-order chi connectivity index (χ0) is 18.5. The maximum Gasteiger partial charge on any atom is 0.226 e. The van der Waals surface area contributed by atoms with E-state index in [-0.39, 0.29) is 23.5 Å². The van der Waals surface area contributed by atoms with Gasteiger partial charge in [0.1, 0.15) is 4.75 Å². The highest BCUT2D eigenvalue weighted by Gasteiger charge is 2.63. The van der Waals surface area contributed by atoms with Crippen LogP contribution in [0.25, 0.3) is 0 Å². The molecule has 3 aliphatic rings. The Kier molecular flexibility index (Phi) is 4.34. The Hall–Kier alpha value is -1.47. The van der Waals surface area contributed by atoms with Crippen LogP contribution in [0.4, 0.5) is 0 Å². The molecule has 3 atom stereocenters. The Balaban J connectivity index is 1.38. The van der Waals surface area contributed by atoms with Crippen molar-refractivity contribution in [3.63, 3.8) is 0 Å². The Morgan fingerprint density at radius 2 is 2.12 bits per heavy atom. The van der Waals surface area contributed by atoms with Crippen LogP contribution in [0.1, 0.15) is 31.2 Å². The van der Waals surface area contributed by atoms with E-state index >= 15 is 0 Å². The summed E-state index contributed by atoms with van der Waals surface area (Å²) in [6.07, 6.45) is 1.55. The number of aryl methyl sites for hydroxylation is 1. The van der Waals surface area contributed by atoms with E-state index in [1.807, 2.05) is 25.1 Å². The van der Waals surface area contributed by atoms with E-state index in [0.29, 0.717) is 38.6 Å². The molecule has 3 heterocycles. The molecular formula is C19H26N2O4S. The fourth-order valence-corrected chi connectivity index (χ4v) is 6.75. The monoisotopic (exact) mass is 378 g/mol. The molecule has 2 saturated heterocycles. The van der Waals surface area contributed by atoms with Crippen molar-refractivity contribution in [2.24, 2.45) is 17.8 Å². The van der Waals surface area contributed by atoms with Crippen LogP contribution in [0.2, 0.25) is 0 Å². The topological polar surface area (TPSA) is 76.6 Å². The highest BCUT2D eigenvalue weighted by Crippen LogP contribution is 2.47. The van der Waals surface area contributed by atoms with E-state index in [9.17, 15) is 13.2 Å². The van der Waals surface area contributed by atoms with Crippen LogP contribution in [-0.4, -0.2) is 54.4 Å². The number of amides is 1. The fraction of sp³-hybridized carbons (Fsp3) is 0.684. The van der Waals surface area contributed by atoms with E-state index < -0.39 is 14.6 Å². The standard InChI is InChI=1S/C19H26N2O4S/c1-13-8-17(13)18(22)21-11-19(12-21)15(6-7-26(19,23)24)9-25-10-16-5-3-4-14(2)20-16/h3-5,13,15,17H,6-12H2,1-2H3/t13-,15-,17+/m0/s1. The van der Waals surface area contributed by atoms with Gasteiger partial charge in [-0.05, 0) is 37.8 Å². The molecule has 142 valence electrons. The van der Waals surface area contributed by atoms with Crippen molar-refractivity contribution in [3.05, 3.63) is 29.6 Å². The van der Waals surface area contributed by atoms with Crippen LogP contribution in [0.15, 0.2) is 18.2 Å². The predicted octanol–water partition coefficient (Wildman–Crippen LogP) is 1.58. The lowest BCUT2D eigenvalue weighted by atomic mass is 9.83. The van der Waals surface area contributed by atoms with Crippen molar-refractivity contribution < 1.29 is 17.9 Å². The number of hydrogen-bond acceptors (Lipinski definition) is 5. The molecule has 1 spiro atoms. The van der Waals surface area contributed by atoms with Crippen LogP contribution in [0.5, 0.6) is 0 Å². The van der Waals surface area contributed by atoms with Gasteiger partial charge in [0.05, 0.1) is 24.7 Å². The summed E-state index contributed by atoms with van der Waals surface area (Å²) in [7, 11) is -3.18. The van der Waals surface area contributed by atoms with Crippen LogP contribution in [0, 0.1) is 24.7 Å². The van der Waals surface area contributed by atoms with Crippen molar-refractivity contribution >= 4 is 15.7 Å². The molecule has 0 aromatic carbocycles. The molecule has 7 heteroatoms. The summed E-state index contributed by atoms with van der Waals surface area (Å²) in [5, 5.41) is 0. The van der Waals surface area contributed by atoms with Crippen molar-refractivity contribution in [3.8, 4) is 0 Å². The van der Waals surface area contributed by atoms with Gasteiger partial charge >= 0.3 is 0 Å². The van der Waals surface area contributed by atoms with Gasteiger partial charge in [-0.1, -0.05) is 13.0 Å². The van der Waals surface area contributed by atoms with Crippen LogP contribution >= 0.6 is 0 Å². The first-order valence-corrected chi connectivity index (χ1v) is 11.0. The molecular weight excluding hydrogens is 352 g/mol. The Bertz CT molecular complexity index is 817. The Morgan fingerprint density at radius 1 is 1.38 bits per heavy atom. The van der Waals surface area contributed by atoms with Crippen molar-refractivity contribution in [1.82, 2.24) is 9.88 Å². The summed E-state index contributed by atoms with van der Waals surface area (Å²) in [6.45, 7) is 5.47. The fourth-order valence-electron chi connectivity index (χ4n) is 4.35.